The van der Waals surface area contributed by atoms with E-state index in [0.717, 1.165) is 0 Å². The standard InChI is InChI=1S/C19H14N2O4/c1-2-10-25-19(22)16-12-18(20-17-9-4-3-8-15(16)17)13-6-5-7-14(11-13)21(23)24/h2-9,11-12H,1,10H2. The van der Waals surface area contributed by atoms with Gasteiger partial charge in [-0.2, -0.15) is 0 Å². The first-order valence-corrected chi connectivity index (χ1v) is 7.53. The fourth-order valence-corrected chi connectivity index (χ4v) is 2.48. The van der Waals surface area contributed by atoms with Crippen LogP contribution in [0.1, 0.15) is 10.4 Å². The molecule has 1 heterocycles. The van der Waals surface area contributed by atoms with Gasteiger partial charge in [-0.1, -0.05) is 43.0 Å². The van der Waals surface area contributed by atoms with Gasteiger partial charge in [0.05, 0.1) is 21.7 Å². The smallest absolute Gasteiger partial charge is 0.339 e. The minimum Gasteiger partial charge on any atom is -0.458 e. The van der Waals surface area contributed by atoms with Crippen LogP contribution in [0.4, 0.5) is 5.69 Å². The maximum Gasteiger partial charge on any atom is 0.339 e. The Kier molecular flexibility index (Phi) is 4.52. The molecule has 1 aromatic heterocycles. The lowest BCUT2D eigenvalue weighted by molar-refractivity contribution is -0.384. The van der Waals surface area contributed by atoms with Crippen LogP contribution < -0.4 is 0 Å². The molecule has 124 valence electrons. The molecule has 0 bridgehead atoms. The molecule has 0 radical (unpaired) electrons. The van der Waals surface area contributed by atoms with Gasteiger partial charge >= 0.3 is 5.97 Å². The molecule has 0 atom stereocenters. The topological polar surface area (TPSA) is 82.3 Å². The highest BCUT2D eigenvalue weighted by Crippen LogP contribution is 2.27. The second-order valence-electron chi connectivity index (χ2n) is 5.27. The van der Waals surface area contributed by atoms with Crippen molar-refractivity contribution < 1.29 is 14.5 Å². The van der Waals surface area contributed by atoms with Crippen LogP contribution in [-0.4, -0.2) is 22.5 Å². The van der Waals surface area contributed by atoms with Crippen LogP contribution in [0, 0.1) is 10.1 Å². The van der Waals surface area contributed by atoms with Gasteiger partial charge in [-0.25, -0.2) is 9.78 Å². The predicted octanol–water partition coefficient (Wildman–Crippen LogP) is 4.15. The molecule has 0 aliphatic heterocycles. The van der Waals surface area contributed by atoms with Gasteiger partial charge in [-0.3, -0.25) is 10.1 Å². The number of nitro benzene ring substituents is 1. The van der Waals surface area contributed by atoms with E-state index in [1.54, 1.807) is 36.4 Å². The molecular weight excluding hydrogens is 320 g/mol. The summed E-state index contributed by atoms with van der Waals surface area (Å²) in [6, 6.07) is 14.9. The molecule has 0 unspecified atom stereocenters. The van der Waals surface area contributed by atoms with Crippen molar-refractivity contribution in [2.45, 2.75) is 0 Å². The molecule has 0 saturated carbocycles. The molecule has 0 fully saturated rings. The van der Waals surface area contributed by atoms with Gasteiger partial charge in [0, 0.05) is 23.1 Å². The van der Waals surface area contributed by atoms with Crippen LogP contribution in [-0.2, 0) is 4.74 Å². The molecule has 6 heteroatoms. The number of pyridine rings is 1. The Hall–Kier alpha value is -3.54. The fraction of sp³-hybridized carbons (Fsp3) is 0.0526. The molecule has 0 N–H and O–H groups in total. The quantitative estimate of drug-likeness (QED) is 0.303. The van der Waals surface area contributed by atoms with Crippen LogP contribution >= 0.6 is 0 Å². The zero-order valence-electron chi connectivity index (χ0n) is 13.2. The number of hydrogen-bond donors (Lipinski definition) is 0. The molecule has 3 aromatic rings. The van der Waals surface area contributed by atoms with E-state index in [0.29, 0.717) is 27.7 Å². The number of nitrogens with zero attached hydrogens (tertiary/aromatic N) is 2. The van der Waals surface area contributed by atoms with Gasteiger partial charge in [0.2, 0.25) is 0 Å². The Morgan fingerprint density at radius 1 is 1.20 bits per heavy atom. The number of hydrogen-bond acceptors (Lipinski definition) is 5. The lowest BCUT2D eigenvalue weighted by Crippen LogP contribution is -2.07. The summed E-state index contributed by atoms with van der Waals surface area (Å²) >= 11 is 0. The van der Waals surface area contributed by atoms with E-state index in [-0.39, 0.29) is 12.3 Å². The summed E-state index contributed by atoms with van der Waals surface area (Å²) in [6.45, 7) is 3.63. The van der Waals surface area contributed by atoms with Gasteiger partial charge in [-0.05, 0) is 12.1 Å². The van der Waals surface area contributed by atoms with Crippen molar-refractivity contribution in [1.29, 1.82) is 0 Å². The van der Waals surface area contributed by atoms with E-state index >= 15 is 0 Å². The second-order valence-corrected chi connectivity index (χ2v) is 5.27. The molecule has 0 saturated heterocycles. The van der Waals surface area contributed by atoms with E-state index in [4.69, 9.17) is 4.74 Å². The zero-order chi connectivity index (χ0) is 17.8. The zero-order valence-corrected chi connectivity index (χ0v) is 13.2. The Bertz CT molecular complexity index is 982. The maximum atomic E-state index is 12.4. The molecule has 2 aromatic carbocycles. The number of fused-ring (bicyclic) bond motifs is 1. The van der Waals surface area contributed by atoms with Gasteiger partial charge in [0.25, 0.3) is 5.69 Å². The summed E-state index contributed by atoms with van der Waals surface area (Å²) < 4.78 is 5.15. The van der Waals surface area contributed by atoms with Gasteiger partial charge in [-0.15, -0.1) is 0 Å². The first-order valence-electron chi connectivity index (χ1n) is 7.53. The number of nitro groups is 1. The highest BCUT2D eigenvalue weighted by atomic mass is 16.6. The molecule has 25 heavy (non-hydrogen) atoms. The summed E-state index contributed by atoms with van der Waals surface area (Å²) in [6.07, 6.45) is 1.49. The third kappa shape index (κ3) is 3.37. The highest BCUT2D eigenvalue weighted by Gasteiger charge is 2.16. The lowest BCUT2D eigenvalue weighted by Gasteiger charge is -2.09. The van der Waals surface area contributed by atoms with Crippen LogP contribution in [0.2, 0.25) is 0 Å². The molecule has 6 nitrogen and oxygen atoms in total. The van der Waals surface area contributed by atoms with Crippen molar-refractivity contribution in [2.75, 3.05) is 6.61 Å². The first-order chi connectivity index (χ1) is 12.1. The minimum atomic E-state index is -0.495. The van der Waals surface area contributed by atoms with Crippen molar-refractivity contribution in [1.82, 2.24) is 4.98 Å². The number of aromatic nitrogens is 1. The Labute approximate surface area is 143 Å². The van der Waals surface area contributed by atoms with Crippen LogP contribution in [0.15, 0.2) is 67.3 Å². The van der Waals surface area contributed by atoms with E-state index in [2.05, 4.69) is 11.6 Å². The van der Waals surface area contributed by atoms with E-state index in [9.17, 15) is 14.9 Å². The molecule has 0 aliphatic rings. The van der Waals surface area contributed by atoms with Crippen LogP contribution in [0.3, 0.4) is 0 Å². The lowest BCUT2D eigenvalue weighted by atomic mass is 10.0. The molecule has 3 rings (SSSR count). The van der Waals surface area contributed by atoms with Crippen molar-refractivity contribution >= 4 is 22.6 Å². The molecule has 0 aliphatic carbocycles. The number of rotatable bonds is 5. The van der Waals surface area contributed by atoms with E-state index in [1.165, 1.54) is 18.2 Å². The third-order valence-electron chi connectivity index (χ3n) is 3.62. The van der Waals surface area contributed by atoms with Crippen LogP contribution in [0.5, 0.6) is 0 Å². The number of ether oxygens (including phenoxy) is 1. The second kappa shape index (κ2) is 6.92. The molecule has 0 spiro atoms. The first kappa shape index (κ1) is 16.3. The number of esters is 1. The molecule has 0 amide bonds. The Balaban J connectivity index is 2.16. The predicted molar refractivity (Wildman–Crippen MR) is 94.3 cm³/mol. The van der Waals surface area contributed by atoms with Crippen molar-refractivity contribution in [3.63, 3.8) is 0 Å². The van der Waals surface area contributed by atoms with E-state index < -0.39 is 10.9 Å². The van der Waals surface area contributed by atoms with E-state index in [1.807, 2.05) is 6.07 Å². The largest absolute Gasteiger partial charge is 0.458 e. The summed E-state index contributed by atoms with van der Waals surface area (Å²) in [5.41, 5.74) is 1.94. The highest BCUT2D eigenvalue weighted by molar-refractivity contribution is 6.04. The third-order valence-corrected chi connectivity index (χ3v) is 3.62. The summed E-state index contributed by atoms with van der Waals surface area (Å²) in [4.78, 5) is 27.4. The summed E-state index contributed by atoms with van der Waals surface area (Å²) in [7, 11) is 0. The number of carbonyl (C=O) groups is 1. The minimum absolute atomic E-state index is 0.0387. The van der Waals surface area contributed by atoms with Gasteiger partial charge in [0.15, 0.2) is 0 Å². The number of para-hydroxylation sites is 1. The van der Waals surface area contributed by atoms with Crippen LogP contribution in [0.25, 0.3) is 22.2 Å². The Morgan fingerprint density at radius 3 is 2.76 bits per heavy atom. The van der Waals surface area contributed by atoms with Crippen molar-refractivity contribution in [3.05, 3.63) is 82.9 Å². The van der Waals surface area contributed by atoms with Gasteiger partial charge in [0.1, 0.15) is 6.61 Å². The van der Waals surface area contributed by atoms with Gasteiger partial charge < -0.3 is 4.74 Å². The number of non-ortho nitro benzene ring substituents is 1. The summed E-state index contributed by atoms with van der Waals surface area (Å²) in [5, 5.41) is 11.6. The monoisotopic (exact) mass is 334 g/mol. The number of benzene rings is 2. The maximum absolute atomic E-state index is 12.4. The van der Waals surface area contributed by atoms with Crippen molar-refractivity contribution in [3.8, 4) is 11.3 Å². The van der Waals surface area contributed by atoms with Crippen molar-refractivity contribution in [2.24, 2.45) is 0 Å². The normalized spacial score (nSPS) is 10.4. The SMILES string of the molecule is C=CCOC(=O)c1cc(-c2cccc([N+](=O)[O-])c2)nc2ccccc12. The Morgan fingerprint density at radius 2 is 2.00 bits per heavy atom. The average molecular weight is 334 g/mol. The molecular formula is C19H14N2O4. The summed E-state index contributed by atoms with van der Waals surface area (Å²) in [5.74, 6) is -0.495. The number of carbonyl (C=O) groups excluding carboxylic acids is 1. The average Bonchev–Trinajstić information content (AvgIpc) is 2.65. The fourth-order valence-electron chi connectivity index (χ4n) is 2.48.